The van der Waals surface area contributed by atoms with Gasteiger partial charge in [0.25, 0.3) is 0 Å². The standard InChI is InChI=1S/C16H17NO3/c1-4-15-14(9-12(10-18)17(15)2)16(19)11-5-7-13(20-3)8-6-11/h5-10H,4H2,1-3H3. The number of carbonyl (C=O) groups is 2. The molecule has 0 saturated heterocycles. The zero-order valence-corrected chi connectivity index (χ0v) is 11.8. The Hall–Kier alpha value is -2.36. The molecule has 0 aliphatic rings. The van der Waals surface area contributed by atoms with Crippen molar-refractivity contribution in [2.75, 3.05) is 7.11 Å². The minimum Gasteiger partial charge on any atom is -0.497 e. The van der Waals surface area contributed by atoms with Gasteiger partial charge in [0, 0.05) is 23.9 Å². The molecule has 0 N–H and O–H groups in total. The van der Waals surface area contributed by atoms with Gasteiger partial charge in [-0.2, -0.15) is 0 Å². The third kappa shape index (κ3) is 2.37. The van der Waals surface area contributed by atoms with E-state index in [0.29, 0.717) is 29.0 Å². The number of hydrogen-bond acceptors (Lipinski definition) is 3. The van der Waals surface area contributed by atoms with Gasteiger partial charge >= 0.3 is 0 Å². The Labute approximate surface area is 118 Å². The molecule has 0 fully saturated rings. The molecule has 1 aromatic carbocycles. The van der Waals surface area contributed by atoms with Crippen LogP contribution in [0, 0.1) is 0 Å². The molecule has 0 bridgehead atoms. The summed E-state index contributed by atoms with van der Waals surface area (Å²) >= 11 is 0. The van der Waals surface area contributed by atoms with Gasteiger partial charge in [-0.25, -0.2) is 0 Å². The lowest BCUT2D eigenvalue weighted by molar-refractivity contribution is 0.103. The molecule has 104 valence electrons. The molecule has 0 aliphatic carbocycles. The molecule has 20 heavy (non-hydrogen) atoms. The van der Waals surface area contributed by atoms with Crippen molar-refractivity contribution in [3.05, 3.63) is 52.8 Å². The number of carbonyl (C=O) groups excluding carboxylic acids is 2. The fraction of sp³-hybridized carbons (Fsp3) is 0.250. The number of hydrogen-bond donors (Lipinski definition) is 0. The molecule has 0 spiro atoms. The first-order valence-corrected chi connectivity index (χ1v) is 6.44. The summed E-state index contributed by atoms with van der Waals surface area (Å²) in [7, 11) is 3.38. The molecular formula is C16H17NO3. The highest BCUT2D eigenvalue weighted by Gasteiger charge is 2.18. The molecule has 0 amide bonds. The minimum atomic E-state index is -0.0757. The van der Waals surface area contributed by atoms with Crippen LogP contribution >= 0.6 is 0 Å². The number of nitrogens with zero attached hydrogens (tertiary/aromatic N) is 1. The summed E-state index contributed by atoms with van der Waals surface area (Å²) in [6, 6.07) is 8.62. The second-order valence-electron chi connectivity index (χ2n) is 4.52. The van der Waals surface area contributed by atoms with Gasteiger partial charge < -0.3 is 9.30 Å². The number of aromatic nitrogens is 1. The fourth-order valence-corrected chi connectivity index (χ4v) is 2.30. The van der Waals surface area contributed by atoms with Gasteiger partial charge in [0.2, 0.25) is 0 Å². The highest BCUT2D eigenvalue weighted by Crippen LogP contribution is 2.20. The molecule has 0 saturated carbocycles. The fourth-order valence-electron chi connectivity index (χ4n) is 2.30. The summed E-state index contributed by atoms with van der Waals surface area (Å²) in [6.07, 6.45) is 1.46. The summed E-state index contributed by atoms with van der Waals surface area (Å²) in [5, 5.41) is 0. The summed E-state index contributed by atoms with van der Waals surface area (Å²) in [5.74, 6) is 0.632. The smallest absolute Gasteiger partial charge is 0.194 e. The van der Waals surface area contributed by atoms with E-state index < -0.39 is 0 Å². The third-order valence-electron chi connectivity index (χ3n) is 3.45. The van der Waals surface area contributed by atoms with Gasteiger partial charge in [0.05, 0.1) is 12.8 Å². The Kier molecular flexibility index (Phi) is 4.03. The number of ether oxygens (including phenoxy) is 1. The summed E-state index contributed by atoms with van der Waals surface area (Å²) < 4.78 is 6.85. The Morgan fingerprint density at radius 2 is 1.95 bits per heavy atom. The Bertz CT molecular complexity index is 638. The van der Waals surface area contributed by atoms with E-state index in [4.69, 9.17) is 4.74 Å². The predicted octanol–water partition coefficient (Wildman–Crippen LogP) is 2.64. The quantitative estimate of drug-likeness (QED) is 0.620. The molecule has 0 radical (unpaired) electrons. The van der Waals surface area contributed by atoms with Crippen LogP contribution in [0.1, 0.15) is 39.0 Å². The average Bonchev–Trinajstić information content (AvgIpc) is 2.82. The number of benzene rings is 1. The van der Waals surface area contributed by atoms with E-state index in [2.05, 4.69) is 0 Å². The van der Waals surface area contributed by atoms with E-state index in [1.807, 2.05) is 6.92 Å². The molecule has 2 rings (SSSR count). The normalized spacial score (nSPS) is 10.3. The first-order valence-electron chi connectivity index (χ1n) is 6.44. The number of rotatable bonds is 5. The predicted molar refractivity (Wildman–Crippen MR) is 76.6 cm³/mol. The van der Waals surface area contributed by atoms with Crippen molar-refractivity contribution in [3.8, 4) is 5.75 Å². The number of aldehydes is 1. The van der Waals surface area contributed by atoms with Gasteiger partial charge in [-0.15, -0.1) is 0 Å². The van der Waals surface area contributed by atoms with Gasteiger partial charge in [-0.3, -0.25) is 9.59 Å². The third-order valence-corrected chi connectivity index (χ3v) is 3.45. The SMILES string of the molecule is CCc1c(C(=O)c2ccc(OC)cc2)cc(C=O)n1C. The van der Waals surface area contributed by atoms with E-state index in [1.165, 1.54) is 0 Å². The zero-order valence-electron chi connectivity index (χ0n) is 11.8. The monoisotopic (exact) mass is 271 g/mol. The van der Waals surface area contributed by atoms with E-state index in [1.54, 1.807) is 49.1 Å². The maximum absolute atomic E-state index is 12.5. The highest BCUT2D eigenvalue weighted by molar-refractivity contribution is 6.10. The Morgan fingerprint density at radius 1 is 1.30 bits per heavy atom. The summed E-state index contributed by atoms with van der Waals surface area (Å²) in [4.78, 5) is 23.5. The van der Waals surface area contributed by atoms with Gasteiger partial charge in [-0.1, -0.05) is 6.92 Å². The van der Waals surface area contributed by atoms with Crippen LogP contribution in [0.2, 0.25) is 0 Å². The van der Waals surface area contributed by atoms with E-state index in [-0.39, 0.29) is 5.78 Å². The Balaban J connectivity index is 2.44. The van der Waals surface area contributed by atoms with Crippen molar-refractivity contribution in [2.45, 2.75) is 13.3 Å². The molecule has 2 aromatic rings. The molecule has 1 aromatic heterocycles. The van der Waals surface area contributed by atoms with Crippen LogP contribution in [0.5, 0.6) is 5.75 Å². The maximum atomic E-state index is 12.5. The van der Waals surface area contributed by atoms with Gasteiger partial charge in [0.1, 0.15) is 5.75 Å². The molecule has 1 heterocycles. The van der Waals surface area contributed by atoms with Crippen LogP contribution in [0.25, 0.3) is 0 Å². The van der Waals surface area contributed by atoms with Crippen LogP contribution in [0.15, 0.2) is 30.3 Å². The molecule has 4 nitrogen and oxygen atoms in total. The second kappa shape index (κ2) is 5.74. The first-order chi connectivity index (χ1) is 9.62. The zero-order chi connectivity index (χ0) is 14.7. The van der Waals surface area contributed by atoms with Crippen LogP contribution in [0.3, 0.4) is 0 Å². The Morgan fingerprint density at radius 3 is 2.45 bits per heavy atom. The molecule has 0 aliphatic heterocycles. The lowest BCUT2D eigenvalue weighted by atomic mass is 10.0. The van der Waals surface area contributed by atoms with Crippen molar-refractivity contribution in [2.24, 2.45) is 7.05 Å². The van der Waals surface area contributed by atoms with Crippen LogP contribution in [-0.4, -0.2) is 23.7 Å². The highest BCUT2D eigenvalue weighted by atomic mass is 16.5. The van der Waals surface area contributed by atoms with Crippen molar-refractivity contribution < 1.29 is 14.3 Å². The van der Waals surface area contributed by atoms with Crippen molar-refractivity contribution in [3.63, 3.8) is 0 Å². The van der Waals surface area contributed by atoms with Crippen molar-refractivity contribution >= 4 is 12.1 Å². The number of methoxy groups -OCH3 is 1. The largest absolute Gasteiger partial charge is 0.497 e. The average molecular weight is 271 g/mol. The molecule has 0 unspecified atom stereocenters. The van der Waals surface area contributed by atoms with Crippen LogP contribution in [-0.2, 0) is 13.5 Å². The van der Waals surface area contributed by atoms with Crippen LogP contribution in [0.4, 0.5) is 0 Å². The number of ketones is 1. The first kappa shape index (κ1) is 14.1. The van der Waals surface area contributed by atoms with E-state index in [9.17, 15) is 9.59 Å². The van der Waals surface area contributed by atoms with Gasteiger partial charge in [0.15, 0.2) is 12.1 Å². The molecule has 4 heteroatoms. The van der Waals surface area contributed by atoms with Crippen molar-refractivity contribution in [1.29, 1.82) is 0 Å². The van der Waals surface area contributed by atoms with Crippen LogP contribution < -0.4 is 4.74 Å². The topological polar surface area (TPSA) is 48.3 Å². The maximum Gasteiger partial charge on any atom is 0.194 e. The summed E-state index contributed by atoms with van der Waals surface area (Å²) in [6.45, 7) is 1.97. The second-order valence-corrected chi connectivity index (χ2v) is 4.52. The lowest BCUT2D eigenvalue weighted by Crippen LogP contribution is -2.06. The van der Waals surface area contributed by atoms with Crippen molar-refractivity contribution in [1.82, 2.24) is 4.57 Å². The molecule has 0 atom stereocenters. The van der Waals surface area contributed by atoms with E-state index in [0.717, 1.165) is 12.0 Å². The lowest BCUT2D eigenvalue weighted by Gasteiger charge is -2.06. The van der Waals surface area contributed by atoms with Gasteiger partial charge in [-0.05, 0) is 36.8 Å². The van der Waals surface area contributed by atoms with E-state index >= 15 is 0 Å². The summed E-state index contributed by atoms with van der Waals surface area (Å²) in [5.41, 5.74) is 2.55. The molecular weight excluding hydrogens is 254 g/mol. The minimum absolute atomic E-state index is 0.0757.